The smallest absolute Gasteiger partial charge is 0.225 e. The molecule has 3 N–H and O–H groups in total. The summed E-state index contributed by atoms with van der Waals surface area (Å²) in [4.78, 5) is 11.9. The number of aromatic amines is 1. The number of H-pyrrole nitrogens is 1. The third-order valence-corrected chi connectivity index (χ3v) is 6.12. The highest BCUT2D eigenvalue weighted by atomic mass is 19.1. The van der Waals surface area contributed by atoms with E-state index in [1.165, 1.54) is 0 Å². The predicted octanol–water partition coefficient (Wildman–Crippen LogP) is 3.78. The molecule has 0 spiro atoms. The first-order valence-corrected chi connectivity index (χ1v) is 10.3. The number of halogens is 1. The van der Waals surface area contributed by atoms with Gasteiger partial charge in [-0.05, 0) is 44.7 Å². The number of anilines is 3. The SMILES string of the molecule is Cc1cc(Nc2nc(N[C@@H]3C[C@H]4CC[C@@H](C3)N4CCF)nc3ccccc23)n[nH]1. The molecule has 3 aromatic rings. The molecule has 4 heterocycles. The minimum atomic E-state index is -0.263. The van der Waals surface area contributed by atoms with Crippen molar-refractivity contribution in [3.05, 3.63) is 36.0 Å². The van der Waals surface area contributed by atoms with Crippen LogP contribution in [0.25, 0.3) is 10.9 Å². The van der Waals surface area contributed by atoms with Crippen molar-refractivity contribution in [2.45, 2.75) is 50.7 Å². The van der Waals surface area contributed by atoms with E-state index in [-0.39, 0.29) is 6.67 Å². The highest BCUT2D eigenvalue weighted by molar-refractivity contribution is 5.91. The van der Waals surface area contributed by atoms with E-state index in [9.17, 15) is 4.39 Å². The van der Waals surface area contributed by atoms with Crippen molar-refractivity contribution in [1.29, 1.82) is 0 Å². The van der Waals surface area contributed by atoms with E-state index in [1.54, 1.807) is 0 Å². The lowest BCUT2D eigenvalue weighted by molar-refractivity contribution is 0.123. The average Bonchev–Trinajstić information content (AvgIpc) is 3.21. The lowest BCUT2D eigenvalue weighted by Crippen LogP contribution is -2.47. The minimum Gasteiger partial charge on any atom is -0.351 e. The van der Waals surface area contributed by atoms with Gasteiger partial charge in [-0.25, -0.2) is 9.37 Å². The van der Waals surface area contributed by atoms with Crippen LogP contribution in [0.3, 0.4) is 0 Å². The van der Waals surface area contributed by atoms with E-state index < -0.39 is 0 Å². The van der Waals surface area contributed by atoms with Crippen molar-refractivity contribution in [2.75, 3.05) is 23.9 Å². The van der Waals surface area contributed by atoms with Gasteiger partial charge in [-0.15, -0.1) is 0 Å². The zero-order valence-corrected chi connectivity index (χ0v) is 16.5. The van der Waals surface area contributed by atoms with Crippen LogP contribution in [-0.2, 0) is 0 Å². The van der Waals surface area contributed by atoms with E-state index in [0.717, 1.165) is 53.9 Å². The third-order valence-electron chi connectivity index (χ3n) is 6.12. The molecule has 152 valence electrons. The number of nitrogens with one attached hydrogen (secondary N) is 3. The summed E-state index contributed by atoms with van der Waals surface area (Å²) in [7, 11) is 0. The zero-order valence-electron chi connectivity index (χ0n) is 16.5. The summed E-state index contributed by atoms with van der Waals surface area (Å²) in [6, 6.07) is 11.2. The van der Waals surface area contributed by atoms with Gasteiger partial charge in [0, 0.05) is 41.8 Å². The van der Waals surface area contributed by atoms with Crippen molar-refractivity contribution in [3.8, 4) is 0 Å². The van der Waals surface area contributed by atoms with Crippen LogP contribution in [0, 0.1) is 6.92 Å². The van der Waals surface area contributed by atoms with Gasteiger partial charge in [-0.1, -0.05) is 12.1 Å². The van der Waals surface area contributed by atoms with Gasteiger partial charge in [-0.2, -0.15) is 10.1 Å². The van der Waals surface area contributed by atoms with Gasteiger partial charge in [0.1, 0.15) is 12.5 Å². The lowest BCUT2D eigenvalue weighted by atomic mass is 9.97. The van der Waals surface area contributed by atoms with Crippen molar-refractivity contribution in [1.82, 2.24) is 25.1 Å². The Bertz CT molecular complexity index is 990. The van der Waals surface area contributed by atoms with Crippen molar-refractivity contribution >= 4 is 28.5 Å². The summed E-state index contributed by atoms with van der Waals surface area (Å²) in [6.07, 6.45) is 4.33. The van der Waals surface area contributed by atoms with Crippen LogP contribution in [0.5, 0.6) is 0 Å². The number of alkyl halides is 1. The van der Waals surface area contributed by atoms with Crippen LogP contribution in [0.2, 0.25) is 0 Å². The van der Waals surface area contributed by atoms with E-state index >= 15 is 0 Å². The number of piperidine rings is 1. The molecule has 29 heavy (non-hydrogen) atoms. The Hall–Kier alpha value is -2.74. The number of aromatic nitrogens is 4. The maximum absolute atomic E-state index is 12.9. The normalized spacial score (nSPS) is 24.1. The number of aryl methyl sites for hydroxylation is 1. The first-order chi connectivity index (χ1) is 14.2. The molecule has 2 saturated heterocycles. The van der Waals surface area contributed by atoms with Gasteiger partial charge >= 0.3 is 0 Å². The molecule has 1 aromatic carbocycles. The molecule has 0 unspecified atom stereocenters. The van der Waals surface area contributed by atoms with Gasteiger partial charge in [0.2, 0.25) is 5.95 Å². The van der Waals surface area contributed by atoms with Crippen LogP contribution < -0.4 is 10.6 Å². The molecule has 2 aliphatic rings. The van der Waals surface area contributed by atoms with Crippen LogP contribution in [0.4, 0.5) is 22.0 Å². The summed E-state index contributed by atoms with van der Waals surface area (Å²) in [6.45, 7) is 2.26. The van der Waals surface area contributed by atoms with Crippen molar-refractivity contribution < 1.29 is 4.39 Å². The standard InChI is InChI=1S/C21H26FN7/c1-13-10-19(28-27-13)25-20-17-4-2-3-5-18(17)24-21(26-20)23-14-11-15-6-7-16(12-14)29(15)9-8-22/h2-5,10,14-16H,6-9,11-12H2,1H3,(H3,23,24,25,26,27,28)/t14-,15-,16+. The van der Waals surface area contributed by atoms with Crippen LogP contribution in [-0.4, -0.2) is 56.4 Å². The number of nitrogens with zero attached hydrogens (tertiary/aromatic N) is 4. The second kappa shape index (κ2) is 7.59. The van der Waals surface area contributed by atoms with Gasteiger partial charge < -0.3 is 10.6 Å². The number of para-hydroxylation sites is 1. The molecular weight excluding hydrogens is 369 g/mol. The second-order valence-electron chi connectivity index (χ2n) is 8.10. The Morgan fingerprint density at radius 2 is 1.97 bits per heavy atom. The summed E-state index contributed by atoms with van der Waals surface area (Å²) >= 11 is 0. The van der Waals surface area contributed by atoms with Crippen molar-refractivity contribution in [3.63, 3.8) is 0 Å². The number of hydrogen-bond donors (Lipinski definition) is 3. The van der Waals surface area contributed by atoms with Gasteiger partial charge in [0.25, 0.3) is 0 Å². The quantitative estimate of drug-likeness (QED) is 0.589. The Labute approximate surface area is 169 Å². The van der Waals surface area contributed by atoms with Crippen LogP contribution >= 0.6 is 0 Å². The van der Waals surface area contributed by atoms with E-state index in [1.807, 2.05) is 37.3 Å². The Morgan fingerprint density at radius 3 is 2.69 bits per heavy atom. The molecule has 5 rings (SSSR count). The maximum Gasteiger partial charge on any atom is 0.225 e. The fourth-order valence-electron chi connectivity index (χ4n) is 4.88. The summed E-state index contributed by atoms with van der Waals surface area (Å²) in [5, 5.41) is 15.0. The molecule has 0 aliphatic carbocycles. The molecular formula is C21H26FN7. The Kier molecular flexibility index (Phi) is 4.79. The van der Waals surface area contributed by atoms with E-state index in [2.05, 4.69) is 25.7 Å². The van der Waals surface area contributed by atoms with Crippen molar-refractivity contribution in [2.24, 2.45) is 0 Å². The molecule has 3 atom stereocenters. The fraction of sp³-hybridized carbons (Fsp3) is 0.476. The molecule has 2 aliphatic heterocycles. The molecule has 7 nitrogen and oxygen atoms in total. The minimum absolute atomic E-state index is 0.263. The maximum atomic E-state index is 12.9. The molecule has 2 bridgehead atoms. The fourth-order valence-corrected chi connectivity index (χ4v) is 4.88. The molecule has 0 radical (unpaired) electrons. The first kappa shape index (κ1) is 18.3. The summed E-state index contributed by atoms with van der Waals surface area (Å²) in [5.41, 5.74) is 1.87. The Morgan fingerprint density at radius 1 is 1.17 bits per heavy atom. The van der Waals surface area contributed by atoms with Gasteiger partial charge in [-0.3, -0.25) is 10.00 Å². The Balaban J connectivity index is 1.39. The zero-order chi connectivity index (χ0) is 19.8. The second-order valence-corrected chi connectivity index (χ2v) is 8.10. The predicted molar refractivity (Wildman–Crippen MR) is 112 cm³/mol. The van der Waals surface area contributed by atoms with Gasteiger partial charge in [0.05, 0.1) is 5.52 Å². The number of rotatable bonds is 6. The monoisotopic (exact) mass is 395 g/mol. The van der Waals surface area contributed by atoms with E-state index in [0.29, 0.717) is 30.6 Å². The molecule has 2 aromatic heterocycles. The number of benzene rings is 1. The van der Waals surface area contributed by atoms with Crippen LogP contribution in [0.1, 0.15) is 31.4 Å². The molecule has 0 saturated carbocycles. The molecule has 0 amide bonds. The van der Waals surface area contributed by atoms with E-state index in [4.69, 9.17) is 9.97 Å². The highest BCUT2D eigenvalue weighted by Gasteiger charge is 2.40. The summed E-state index contributed by atoms with van der Waals surface area (Å²) in [5.74, 6) is 2.10. The van der Waals surface area contributed by atoms with Crippen LogP contribution in [0.15, 0.2) is 30.3 Å². The number of fused-ring (bicyclic) bond motifs is 3. The highest BCUT2D eigenvalue weighted by Crippen LogP contribution is 2.36. The molecule has 2 fully saturated rings. The number of hydrogen-bond acceptors (Lipinski definition) is 6. The average molecular weight is 395 g/mol. The van der Waals surface area contributed by atoms with Gasteiger partial charge in [0.15, 0.2) is 5.82 Å². The largest absolute Gasteiger partial charge is 0.351 e. The third kappa shape index (κ3) is 3.64. The first-order valence-electron chi connectivity index (χ1n) is 10.3. The lowest BCUT2D eigenvalue weighted by Gasteiger charge is -2.38. The molecule has 8 heteroatoms. The topological polar surface area (TPSA) is 81.8 Å². The summed E-state index contributed by atoms with van der Waals surface area (Å²) < 4.78 is 12.9.